The van der Waals surface area contributed by atoms with E-state index in [0.29, 0.717) is 29.7 Å². The summed E-state index contributed by atoms with van der Waals surface area (Å²) < 4.78 is 0. The first-order valence-corrected chi connectivity index (χ1v) is 7.92. The van der Waals surface area contributed by atoms with Gasteiger partial charge < -0.3 is 10.6 Å². The number of likely N-dealkylation sites (tertiary alicyclic amines) is 1. The molecule has 2 rings (SSSR count). The molecule has 1 saturated heterocycles. The number of amides is 1. The smallest absolute Gasteiger partial charge is 0.226 e. The van der Waals surface area contributed by atoms with Crippen molar-refractivity contribution in [2.24, 2.45) is 28.9 Å². The molecular formula is C16H30N2O. The van der Waals surface area contributed by atoms with Gasteiger partial charge in [0.1, 0.15) is 0 Å². The lowest BCUT2D eigenvalue weighted by atomic mass is 9.78. The number of hydrogen-bond donors (Lipinski definition) is 1. The minimum atomic E-state index is 0.206. The molecule has 3 heteroatoms. The first-order chi connectivity index (χ1) is 8.93. The highest BCUT2D eigenvalue weighted by atomic mass is 16.2. The van der Waals surface area contributed by atoms with Gasteiger partial charge in [0, 0.05) is 19.0 Å². The summed E-state index contributed by atoms with van der Waals surface area (Å²) in [6.45, 7) is 9.44. The van der Waals surface area contributed by atoms with E-state index in [1.54, 1.807) is 0 Å². The van der Waals surface area contributed by atoms with Crippen LogP contribution in [0.5, 0.6) is 0 Å². The molecule has 1 heterocycles. The van der Waals surface area contributed by atoms with Crippen LogP contribution in [0, 0.1) is 23.2 Å². The lowest BCUT2D eigenvalue weighted by Crippen LogP contribution is -2.41. The zero-order valence-corrected chi connectivity index (χ0v) is 12.8. The Morgan fingerprint density at radius 3 is 2.47 bits per heavy atom. The van der Waals surface area contributed by atoms with Crippen molar-refractivity contribution >= 4 is 5.91 Å². The van der Waals surface area contributed by atoms with Crippen LogP contribution in [0.15, 0.2) is 0 Å². The third-order valence-corrected chi connectivity index (χ3v) is 5.25. The molecule has 0 aromatic heterocycles. The van der Waals surface area contributed by atoms with Crippen molar-refractivity contribution in [2.45, 2.75) is 52.9 Å². The molecule has 0 radical (unpaired) electrons. The number of carbonyl (C=O) groups is 1. The predicted molar refractivity (Wildman–Crippen MR) is 78.6 cm³/mol. The molecule has 0 bridgehead atoms. The summed E-state index contributed by atoms with van der Waals surface area (Å²) in [5.41, 5.74) is 6.17. The van der Waals surface area contributed by atoms with Crippen LogP contribution < -0.4 is 5.73 Å². The van der Waals surface area contributed by atoms with E-state index < -0.39 is 0 Å². The highest BCUT2D eigenvalue weighted by molar-refractivity contribution is 5.79. The minimum Gasteiger partial charge on any atom is -0.342 e. The molecule has 0 spiro atoms. The van der Waals surface area contributed by atoms with Crippen molar-refractivity contribution in [3.63, 3.8) is 0 Å². The Hall–Kier alpha value is -0.570. The summed E-state index contributed by atoms with van der Waals surface area (Å²) in [6, 6.07) is 0. The molecule has 2 aliphatic rings. The maximum absolute atomic E-state index is 12.7. The first kappa shape index (κ1) is 14.8. The second-order valence-electron chi connectivity index (χ2n) is 7.52. The fraction of sp³-hybridized carbons (Fsp3) is 0.938. The van der Waals surface area contributed by atoms with Gasteiger partial charge in [-0.25, -0.2) is 0 Å². The van der Waals surface area contributed by atoms with Gasteiger partial charge in [0.05, 0.1) is 0 Å². The normalized spacial score (nSPS) is 32.6. The Balaban J connectivity index is 1.97. The predicted octanol–water partition coefficient (Wildman–Crippen LogP) is 2.65. The molecule has 0 aromatic carbocycles. The summed E-state index contributed by atoms with van der Waals surface area (Å²) in [6.07, 6.45) is 5.80. The molecule has 3 unspecified atom stereocenters. The van der Waals surface area contributed by atoms with Crippen LogP contribution in [0.3, 0.4) is 0 Å². The molecule has 2 fully saturated rings. The maximum atomic E-state index is 12.7. The molecule has 1 saturated carbocycles. The van der Waals surface area contributed by atoms with Crippen molar-refractivity contribution in [1.29, 1.82) is 0 Å². The molecule has 1 amide bonds. The minimum absolute atomic E-state index is 0.206. The van der Waals surface area contributed by atoms with E-state index in [4.69, 9.17) is 5.73 Å². The van der Waals surface area contributed by atoms with E-state index in [2.05, 4.69) is 25.7 Å². The number of nitrogens with two attached hydrogens (primary N) is 1. The second-order valence-corrected chi connectivity index (χ2v) is 7.52. The maximum Gasteiger partial charge on any atom is 0.226 e. The molecule has 3 atom stereocenters. The lowest BCUT2D eigenvalue weighted by molar-refractivity contribution is -0.137. The van der Waals surface area contributed by atoms with Crippen LogP contribution in [0.1, 0.15) is 52.9 Å². The highest BCUT2D eigenvalue weighted by Gasteiger charge is 2.38. The van der Waals surface area contributed by atoms with E-state index in [9.17, 15) is 4.79 Å². The van der Waals surface area contributed by atoms with Gasteiger partial charge in [0.2, 0.25) is 5.91 Å². The van der Waals surface area contributed by atoms with Crippen molar-refractivity contribution in [2.75, 3.05) is 19.6 Å². The summed E-state index contributed by atoms with van der Waals surface area (Å²) in [7, 11) is 0. The molecule has 1 aliphatic heterocycles. The van der Waals surface area contributed by atoms with Gasteiger partial charge in [0.25, 0.3) is 0 Å². The van der Waals surface area contributed by atoms with Crippen LogP contribution in [0.4, 0.5) is 0 Å². The molecule has 1 aliphatic carbocycles. The molecular weight excluding hydrogens is 236 g/mol. The quantitative estimate of drug-likeness (QED) is 0.835. The van der Waals surface area contributed by atoms with Crippen LogP contribution in [0.2, 0.25) is 0 Å². The van der Waals surface area contributed by atoms with Gasteiger partial charge in [-0.3, -0.25) is 4.79 Å². The van der Waals surface area contributed by atoms with Gasteiger partial charge in [-0.05, 0) is 43.1 Å². The third kappa shape index (κ3) is 3.31. The van der Waals surface area contributed by atoms with Crippen molar-refractivity contribution < 1.29 is 4.79 Å². The Morgan fingerprint density at radius 2 is 1.89 bits per heavy atom. The molecule has 2 N–H and O–H groups in total. The number of carbonyl (C=O) groups excluding carboxylic acids is 1. The first-order valence-electron chi connectivity index (χ1n) is 7.92. The topological polar surface area (TPSA) is 46.3 Å². The molecule has 110 valence electrons. The van der Waals surface area contributed by atoms with E-state index in [-0.39, 0.29) is 5.92 Å². The summed E-state index contributed by atoms with van der Waals surface area (Å²) in [5, 5.41) is 0. The average molecular weight is 266 g/mol. The molecule has 0 aromatic rings. The summed E-state index contributed by atoms with van der Waals surface area (Å²) in [5.74, 6) is 1.67. The van der Waals surface area contributed by atoms with Crippen molar-refractivity contribution in [3.8, 4) is 0 Å². The Bertz CT molecular complexity index is 321. The Kier molecular flexibility index (Phi) is 4.54. The van der Waals surface area contributed by atoms with Gasteiger partial charge in [-0.1, -0.05) is 33.6 Å². The SMILES string of the molecule is CC(C)(C)C1CCN(C(=O)C2CCCCC2CN)C1. The number of hydrogen-bond acceptors (Lipinski definition) is 2. The number of rotatable bonds is 2. The highest BCUT2D eigenvalue weighted by Crippen LogP contribution is 2.36. The largest absolute Gasteiger partial charge is 0.342 e. The van der Waals surface area contributed by atoms with Gasteiger partial charge >= 0.3 is 0 Å². The van der Waals surface area contributed by atoms with E-state index in [1.165, 1.54) is 12.8 Å². The van der Waals surface area contributed by atoms with Gasteiger partial charge in [0.15, 0.2) is 0 Å². The van der Waals surface area contributed by atoms with Crippen LogP contribution in [-0.4, -0.2) is 30.4 Å². The second kappa shape index (κ2) is 5.82. The Morgan fingerprint density at radius 1 is 1.21 bits per heavy atom. The van der Waals surface area contributed by atoms with Crippen molar-refractivity contribution in [1.82, 2.24) is 4.90 Å². The molecule has 3 nitrogen and oxygen atoms in total. The molecule has 19 heavy (non-hydrogen) atoms. The summed E-state index contributed by atoms with van der Waals surface area (Å²) >= 11 is 0. The Labute approximate surface area is 117 Å². The van der Waals surface area contributed by atoms with E-state index >= 15 is 0 Å². The fourth-order valence-electron chi connectivity index (χ4n) is 3.72. The average Bonchev–Trinajstić information content (AvgIpc) is 2.87. The monoisotopic (exact) mass is 266 g/mol. The zero-order chi connectivity index (χ0) is 14.0. The van der Waals surface area contributed by atoms with Crippen molar-refractivity contribution in [3.05, 3.63) is 0 Å². The lowest BCUT2D eigenvalue weighted by Gasteiger charge is -2.33. The van der Waals surface area contributed by atoms with Gasteiger partial charge in [-0.2, -0.15) is 0 Å². The third-order valence-electron chi connectivity index (χ3n) is 5.25. The van der Waals surface area contributed by atoms with Gasteiger partial charge in [-0.15, -0.1) is 0 Å². The van der Waals surface area contributed by atoms with Crippen LogP contribution >= 0.6 is 0 Å². The zero-order valence-electron chi connectivity index (χ0n) is 12.8. The summed E-state index contributed by atoms with van der Waals surface area (Å²) in [4.78, 5) is 14.8. The van der Waals surface area contributed by atoms with Crippen LogP contribution in [0.25, 0.3) is 0 Å². The van der Waals surface area contributed by atoms with E-state index in [0.717, 1.165) is 32.4 Å². The number of nitrogens with zero attached hydrogens (tertiary/aromatic N) is 1. The fourth-order valence-corrected chi connectivity index (χ4v) is 3.72. The standard InChI is InChI=1S/C16H30N2O/c1-16(2,3)13-8-9-18(11-13)15(19)14-7-5-4-6-12(14)10-17/h12-14H,4-11,17H2,1-3H3. The van der Waals surface area contributed by atoms with E-state index in [1.807, 2.05) is 0 Å². The van der Waals surface area contributed by atoms with Crippen LogP contribution in [-0.2, 0) is 4.79 Å².